The Morgan fingerprint density at radius 1 is 1.27 bits per heavy atom. The first kappa shape index (κ1) is 13.8. The van der Waals surface area contributed by atoms with Crippen molar-refractivity contribution >= 4 is 17.0 Å². The van der Waals surface area contributed by atoms with Gasteiger partial charge in [0.05, 0.1) is 29.8 Å². The Labute approximate surface area is 127 Å². The van der Waals surface area contributed by atoms with Gasteiger partial charge in [0.15, 0.2) is 0 Å². The fourth-order valence-corrected chi connectivity index (χ4v) is 2.38. The number of hydrogen-bond donors (Lipinski definition) is 0. The molecule has 108 valence electrons. The van der Waals surface area contributed by atoms with Crippen molar-refractivity contribution in [3.63, 3.8) is 0 Å². The first-order valence-electron chi connectivity index (χ1n) is 6.75. The molecule has 0 unspecified atom stereocenters. The maximum atomic E-state index is 11.7. The van der Waals surface area contributed by atoms with E-state index in [-0.39, 0.29) is 12.5 Å². The molecule has 0 radical (unpaired) electrons. The van der Waals surface area contributed by atoms with Crippen LogP contribution in [0.25, 0.3) is 22.4 Å². The number of imidazole rings is 1. The van der Waals surface area contributed by atoms with E-state index in [1.165, 1.54) is 7.11 Å². The van der Waals surface area contributed by atoms with Crippen LogP contribution < -0.4 is 0 Å². The zero-order valence-electron chi connectivity index (χ0n) is 12.0. The molecule has 22 heavy (non-hydrogen) atoms. The van der Waals surface area contributed by atoms with Crippen LogP contribution in [0.3, 0.4) is 0 Å². The molecule has 1 heterocycles. The van der Waals surface area contributed by atoms with Crippen LogP contribution in [0, 0.1) is 11.3 Å². The molecule has 0 fully saturated rings. The number of aromatic nitrogens is 2. The lowest BCUT2D eigenvalue weighted by atomic mass is 10.1. The second-order valence-corrected chi connectivity index (χ2v) is 4.78. The van der Waals surface area contributed by atoms with Crippen LogP contribution in [0.5, 0.6) is 0 Å². The van der Waals surface area contributed by atoms with E-state index < -0.39 is 0 Å². The molecule has 5 nitrogen and oxygen atoms in total. The number of fused-ring (bicyclic) bond motifs is 1. The van der Waals surface area contributed by atoms with Crippen LogP contribution in [0.1, 0.15) is 5.56 Å². The van der Waals surface area contributed by atoms with Crippen LogP contribution in [0.15, 0.2) is 48.5 Å². The molecule has 0 amide bonds. The Balaban J connectivity index is 2.21. The van der Waals surface area contributed by atoms with Crippen molar-refractivity contribution in [1.29, 1.82) is 5.26 Å². The lowest BCUT2D eigenvalue weighted by Gasteiger charge is -2.08. The van der Waals surface area contributed by atoms with Gasteiger partial charge in [0.25, 0.3) is 0 Å². The fourth-order valence-electron chi connectivity index (χ4n) is 2.38. The number of rotatable bonds is 3. The summed E-state index contributed by atoms with van der Waals surface area (Å²) in [5.74, 6) is 0.296. The minimum absolute atomic E-state index is 0.0725. The molecule has 0 N–H and O–H groups in total. The molecule has 0 saturated heterocycles. The summed E-state index contributed by atoms with van der Waals surface area (Å²) < 4.78 is 6.57. The van der Waals surface area contributed by atoms with Gasteiger partial charge in [-0.3, -0.25) is 4.79 Å². The van der Waals surface area contributed by atoms with Gasteiger partial charge in [-0.05, 0) is 24.3 Å². The monoisotopic (exact) mass is 291 g/mol. The van der Waals surface area contributed by atoms with E-state index in [4.69, 9.17) is 10.00 Å². The van der Waals surface area contributed by atoms with Crippen molar-refractivity contribution in [3.8, 4) is 17.5 Å². The van der Waals surface area contributed by atoms with Gasteiger partial charge in [-0.25, -0.2) is 4.98 Å². The molecule has 0 bridgehead atoms. The summed E-state index contributed by atoms with van der Waals surface area (Å²) in [4.78, 5) is 16.3. The van der Waals surface area contributed by atoms with E-state index in [0.29, 0.717) is 11.4 Å². The molecule has 3 rings (SSSR count). The molecule has 3 aromatic rings. The van der Waals surface area contributed by atoms with Crippen molar-refractivity contribution in [1.82, 2.24) is 9.55 Å². The SMILES string of the molecule is COC(=O)Cn1c(-c2cccc(C#N)c2)nc2ccccc21. The molecule has 1 aromatic heterocycles. The van der Waals surface area contributed by atoms with Crippen LogP contribution in [-0.4, -0.2) is 22.6 Å². The average Bonchev–Trinajstić information content (AvgIpc) is 2.93. The second-order valence-electron chi connectivity index (χ2n) is 4.78. The summed E-state index contributed by atoms with van der Waals surface area (Å²) in [7, 11) is 1.36. The highest BCUT2D eigenvalue weighted by atomic mass is 16.5. The van der Waals surface area contributed by atoms with Crippen LogP contribution in [-0.2, 0) is 16.1 Å². The second kappa shape index (κ2) is 5.70. The fraction of sp³-hybridized carbons (Fsp3) is 0.118. The van der Waals surface area contributed by atoms with Crippen molar-refractivity contribution in [2.24, 2.45) is 0 Å². The van der Waals surface area contributed by atoms with Crippen LogP contribution >= 0.6 is 0 Å². The summed E-state index contributed by atoms with van der Waals surface area (Å²) in [6.45, 7) is 0.0725. The van der Waals surface area contributed by atoms with Gasteiger partial charge in [-0.15, -0.1) is 0 Å². The Morgan fingerprint density at radius 3 is 2.86 bits per heavy atom. The molecule has 5 heteroatoms. The summed E-state index contributed by atoms with van der Waals surface area (Å²) in [5.41, 5.74) is 2.99. The van der Waals surface area contributed by atoms with Gasteiger partial charge in [-0.1, -0.05) is 24.3 Å². The normalized spacial score (nSPS) is 10.4. The zero-order valence-corrected chi connectivity index (χ0v) is 12.0. The van der Waals surface area contributed by atoms with Crippen molar-refractivity contribution in [2.45, 2.75) is 6.54 Å². The highest BCUT2D eigenvalue weighted by Crippen LogP contribution is 2.25. The number of carbonyl (C=O) groups is 1. The number of ether oxygens (including phenoxy) is 1. The number of benzene rings is 2. The van der Waals surface area contributed by atoms with Crippen molar-refractivity contribution in [3.05, 3.63) is 54.1 Å². The van der Waals surface area contributed by atoms with Crippen LogP contribution in [0.4, 0.5) is 0 Å². The third-order valence-corrected chi connectivity index (χ3v) is 3.42. The maximum absolute atomic E-state index is 11.7. The zero-order chi connectivity index (χ0) is 15.5. The first-order valence-corrected chi connectivity index (χ1v) is 6.75. The molecular formula is C17H13N3O2. The van der Waals surface area contributed by atoms with Gasteiger partial charge >= 0.3 is 5.97 Å². The topological polar surface area (TPSA) is 67.9 Å². The Bertz CT molecular complexity index is 890. The average molecular weight is 291 g/mol. The molecular weight excluding hydrogens is 278 g/mol. The summed E-state index contributed by atoms with van der Waals surface area (Å²) in [6.07, 6.45) is 0. The van der Waals surface area contributed by atoms with E-state index in [0.717, 1.165) is 16.6 Å². The van der Waals surface area contributed by atoms with Crippen molar-refractivity contribution in [2.75, 3.05) is 7.11 Å². The van der Waals surface area contributed by atoms with E-state index in [9.17, 15) is 4.79 Å². The maximum Gasteiger partial charge on any atom is 0.325 e. The Hall–Kier alpha value is -3.13. The molecule has 0 spiro atoms. The van der Waals surface area contributed by atoms with Crippen molar-refractivity contribution < 1.29 is 9.53 Å². The van der Waals surface area contributed by atoms with Crippen LogP contribution in [0.2, 0.25) is 0 Å². The summed E-state index contributed by atoms with van der Waals surface area (Å²) >= 11 is 0. The Morgan fingerprint density at radius 2 is 2.09 bits per heavy atom. The Kier molecular flexibility index (Phi) is 3.58. The largest absolute Gasteiger partial charge is 0.468 e. The number of hydrogen-bond acceptors (Lipinski definition) is 4. The smallest absolute Gasteiger partial charge is 0.325 e. The number of esters is 1. The number of methoxy groups -OCH3 is 1. The van der Waals surface area contributed by atoms with E-state index >= 15 is 0 Å². The predicted octanol–water partition coefficient (Wildman–Crippen LogP) is 2.75. The molecule has 2 aromatic carbocycles. The lowest BCUT2D eigenvalue weighted by molar-refractivity contribution is -0.141. The number of nitriles is 1. The van der Waals surface area contributed by atoms with Gasteiger partial charge in [0.1, 0.15) is 12.4 Å². The number of nitrogens with zero attached hydrogens (tertiary/aromatic N) is 3. The first-order chi connectivity index (χ1) is 10.7. The molecule has 0 saturated carbocycles. The van der Waals surface area contributed by atoms with E-state index in [1.54, 1.807) is 22.8 Å². The summed E-state index contributed by atoms with van der Waals surface area (Å²) in [6, 6.07) is 16.9. The molecule has 0 aliphatic heterocycles. The predicted molar refractivity (Wildman–Crippen MR) is 81.9 cm³/mol. The summed E-state index contributed by atoms with van der Waals surface area (Å²) in [5, 5.41) is 9.05. The minimum atomic E-state index is -0.346. The molecule has 0 aliphatic rings. The standard InChI is InChI=1S/C17H13N3O2/c1-22-16(21)11-20-15-8-3-2-7-14(15)19-17(20)13-6-4-5-12(9-13)10-18/h2-9H,11H2,1H3. The third-order valence-electron chi connectivity index (χ3n) is 3.42. The lowest BCUT2D eigenvalue weighted by Crippen LogP contribution is -2.12. The molecule has 0 atom stereocenters. The highest BCUT2D eigenvalue weighted by molar-refractivity contribution is 5.83. The van der Waals surface area contributed by atoms with E-state index in [2.05, 4.69) is 11.1 Å². The highest BCUT2D eigenvalue weighted by Gasteiger charge is 2.15. The number of para-hydroxylation sites is 2. The van der Waals surface area contributed by atoms with Gasteiger partial charge in [-0.2, -0.15) is 5.26 Å². The number of carbonyl (C=O) groups excluding carboxylic acids is 1. The third kappa shape index (κ3) is 2.42. The minimum Gasteiger partial charge on any atom is -0.468 e. The van der Waals surface area contributed by atoms with E-state index in [1.807, 2.05) is 30.3 Å². The van der Waals surface area contributed by atoms with Gasteiger partial charge < -0.3 is 9.30 Å². The van der Waals surface area contributed by atoms with Gasteiger partial charge in [0.2, 0.25) is 0 Å². The quantitative estimate of drug-likeness (QED) is 0.696. The van der Waals surface area contributed by atoms with Gasteiger partial charge in [0, 0.05) is 5.56 Å². The molecule has 0 aliphatic carbocycles.